The minimum absolute atomic E-state index is 0.0205. The fourth-order valence-electron chi connectivity index (χ4n) is 2.40. The molecule has 1 fully saturated rings. The summed E-state index contributed by atoms with van der Waals surface area (Å²) >= 11 is 0. The zero-order valence-corrected chi connectivity index (χ0v) is 9.14. The van der Waals surface area contributed by atoms with Crippen LogP contribution in [-0.4, -0.2) is 22.2 Å². The zero-order valence-electron chi connectivity index (χ0n) is 9.14. The van der Waals surface area contributed by atoms with E-state index in [0.29, 0.717) is 11.3 Å². The van der Waals surface area contributed by atoms with Gasteiger partial charge in [0, 0.05) is 31.3 Å². The van der Waals surface area contributed by atoms with E-state index in [9.17, 15) is 8.78 Å². The third kappa shape index (κ3) is 1.16. The third-order valence-corrected chi connectivity index (χ3v) is 3.43. The summed E-state index contributed by atoms with van der Waals surface area (Å²) in [5.74, 6) is -2.67. The molecule has 1 saturated carbocycles. The molecule has 1 heterocycles. The number of halogens is 2. The lowest BCUT2D eigenvalue weighted by molar-refractivity contribution is 0.0893. The van der Waals surface area contributed by atoms with Gasteiger partial charge in [-0.25, -0.2) is 8.78 Å². The molecule has 1 aliphatic carbocycles. The minimum atomic E-state index is -2.67. The highest BCUT2D eigenvalue weighted by Crippen LogP contribution is 2.62. The molecule has 84 valence electrons. The van der Waals surface area contributed by atoms with Gasteiger partial charge in [0.15, 0.2) is 0 Å². The number of rotatable bonds is 2. The number of nitrogens with zero attached hydrogens (tertiary/aromatic N) is 2. The number of hydrogen-bond donors (Lipinski definition) is 1. The molecule has 2 rings (SSSR count). The molecule has 0 aliphatic heterocycles. The Kier molecular flexibility index (Phi) is 1.96. The van der Waals surface area contributed by atoms with E-state index in [4.69, 9.17) is 5.73 Å². The van der Waals surface area contributed by atoms with Crippen LogP contribution < -0.4 is 5.73 Å². The maximum atomic E-state index is 13.4. The van der Waals surface area contributed by atoms with Crippen molar-refractivity contribution in [2.45, 2.75) is 31.6 Å². The summed E-state index contributed by atoms with van der Waals surface area (Å²) in [7, 11) is 1.76. The fraction of sp³-hybridized carbons (Fsp3) is 0.700. The van der Waals surface area contributed by atoms with Crippen LogP contribution in [0.4, 0.5) is 8.78 Å². The van der Waals surface area contributed by atoms with Crippen LogP contribution in [0, 0.1) is 13.8 Å². The number of aryl methyl sites for hydroxylation is 2. The van der Waals surface area contributed by atoms with Gasteiger partial charge >= 0.3 is 0 Å². The number of aromatic nitrogens is 2. The Morgan fingerprint density at radius 3 is 2.27 bits per heavy atom. The summed E-state index contributed by atoms with van der Waals surface area (Å²) in [6, 6.07) is 0. The van der Waals surface area contributed by atoms with E-state index in [0.717, 1.165) is 5.69 Å². The summed E-state index contributed by atoms with van der Waals surface area (Å²) in [4.78, 5) is 0. The molecule has 0 spiro atoms. The molecule has 3 nitrogen and oxygen atoms in total. The summed E-state index contributed by atoms with van der Waals surface area (Å²) < 4.78 is 28.4. The molecule has 15 heavy (non-hydrogen) atoms. The molecule has 5 heteroatoms. The Labute approximate surface area is 87.3 Å². The fourth-order valence-corrected chi connectivity index (χ4v) is 2.40. The zero-order chi connectivity index (χ0) is 11.4. The SMILES string of the molecule is Cc1nn(C)c(C)c1C1(CN)CC1(F)F. The van der Waals surface area contributed by atoms with Gasteiger partial charge in [0.05, 0.1) is 11.1 Å². The molecule has 1 aromatic heterocycles. The Bertz CT molecular complexity index is 411. The van der Waals surface area contributed by atoms with Crippen molar-refractivity contribution in [3.63, 3.8) is 0 Å². The van der Waals surface area contributed by atoms with Crippen molar-refractivity contribution < 1.29 is 8.78 Å². The first-order valence-corrected chi connectivity index (χ1v) is 4.94. The third-order valence-electron chi connectivity index (χ3n) is 3.43. The minimum Gasteiger partial charge on any atom is -0.329 e. The van der Waals surface area contributed by atoms with Gasteiger partial charge in [-0.2, -0.15) is 5.10 Å². The van der Waals surface area contributed by atoms with Gasteiger partial charge in [-0.3, -0.25) is 4.68 Å². The van der Waals surface area contributed by atoms with E-state index in [2.05, 4.69) is 5.10 Å². The Morgan fingerprint density at radius 1 is 1.47 bits per heavy atom. The maximum absolute atomic E-state index is 13.4. The molecular formula is C10H15F2N3. The smallest absolute Gasteiger partial charge is 0.260 e. The molecule has 0 amide bonds. The van der Waals surface area contributed by atoms with Crippen LogP contribution in [0.2, 0.25) is 0 Å². The van der Waals surface area contributed by atoms with Gasteiger partial charge < -0.3 is 5.73 Å². The highest BCUT2D eigenvalue weighted by Gasteiger charge is 2.72. The summed E-state index contributed by atoms with van der Waals surface area (Å²) in [6.07, 6.45) is -0.149. The maximum Gasteiger partial charge on any atom is 0.260 e. The van der Waals surface area contributed by atoms with E-state index >= 15 is 0 Å². The summed E-state index contributed by atoms with van der Waals surface area (Å²) in [5.41, 5.74) is 6.44. The van der Waals surface area contributed by atoms with Crippen molar-refractivity contribution in [3.05, 3.63) is 17.0 Å². The van der Waals surface area contributed by atoms with E-state index in [-0.39, 0.29) is 13.0 Å². The molecule has 1 atom stereocenters. The Balaban J connectivity index is 2.55. The topological polar surface area (TPSA) is 43.8 Å². The second-order valence-corrected chi connectivity index (χ2v) is 4.34. The van der Waals surface area contributed by atoms with Gasteiger partial charge in [-0.1, -0.05) is 0 Å². The number of nitrogens with two attached hydrogens (primary N) is 1. The second-order valence-electron chi connectivity index (χ2n) is 4.34. The number of alkyl halides is 2. The monoisotopic (exact) mass is 215 g/mol. The van der Waals surface area contributed by atoms with Crippen LogP contribution >= 0.6 is 0 Å². The van der Waals surface area contributed by atoms with Crippen LogP contribution in [0.3, 0.4) is 0 Å². The van der Waals surface area contributed by atoms with Crippen molar-refractivity contribution in [1.82, 2.24) is 9.78 Å². The standard InChI is InChI=1S/C10H15F2N3/c1-6-8(7(2)15(3)14-6)9(5-13)4-10(9,11)12/h4-5,13H2,1-3H3. The van der Waals surface area contributed by atoms with Gasteiger partial charge in [0.25, 0.3) is 5.92 Å². The molecule has 0 bridgehead atoms. The van der Waals surface area contributed by atoms with Crippen molar-refractivity contribution in [2.75, 3.05) is 6.54 Å². The van der Waals surface area contributed by atoms with Gasteiger partial charge in [0.1, 0.15) is 0 Å². The lowest BCUT2D eigenvalue weighted by atomic mass is 9.93. The molecule has 1 aliphatic rings. The average molecular weight is 215 g/mol. The molecule has 1 aromatic rings. The molecule has 0 saturated heterocycles. The van der Waals surface area contributed by atoms with Gasteiger partial charge in [0.2, 0.25) is 0 Å². The van der Waals surface area contributed by atoms with Crippen molar-refractivity contribution in [3.8, 4) is 0 Å². The summed E-state index contributed by atoms with van der Waals surface area (Å²) in [5, 5.41) is 4.16. The highest BCUT2D eigenvalue weighted by molar-refractivity contribution is 5.43. The Hall–Kier alpha value is -0.970. The first-order chi connectivity index (χ1) is 6.85. The average Bonchev–Trinajstić information content (AvgIpc) is 2.59. The van der Waals surface area contributed by atoms with Gasteiger partial charge in [-0.15, -0.1) is 0 Å². The van der Waals surface area contributed by atoms with Crippen molar-refractivity contribution in [2.24, 2.45) is 12.8 Å². The first-order valence-electron chi connectivity index (χ1n) is 4.94. The molecule has 1 unspecified atom stereocenters. The van der Waals surface area contributed by atoms with E-state index in [1.165, 1.54) is 0 Å². The number of hydrogen-bond acceptors (Lipinski definition) is 2. The molecule has 0 aromatic carbocycles. The first kappa shape index (κ1) is 10.5. The van der Waals surface area contributed by atoms with Crippen LogP contribution in [0.1, 0.15) is 23.4 Å². The summed E-state index contributed by atoms with van der Waals surface area (Å²) in [6.45, 7) is 3.54. The molecule has 0 radical (unpaired) electrons. The van der Waals surface area contributed by atoms with Crippen LogP contribution in [0.5, 0.6) is 0 Å². The van der Waals surface area contributed by atoms with E-state index < -0.39 is 11.3 Å². The van der Waals surface area contributed by atoms with Gasteiger partial charge in [-0.05, 0) is 13.8 Å². The van der Waals surface area contributed by atoms with Crippen LogP contribution in [0.15, 0.2) is 0 Å². The normalized spacial score (nSPS) is 28.1. The lowest BCUT2D eigenvalue weighted by Gasteiger charge is -2.14. The van der Waals surface area contributed by atoms with Crippen LogP contribution in [0.25, 0.3) is 0 Å². The van der Waals surface area contributed by atoms with E-state index in [1.807, 2.05) is 0 Å². The largest absolute Gasteiger partial charge is 0.329 e. The molecule has 2 N–H and O–H groups in total. The quantitative estimate of drug-likeness (QED) is 0.807. The van der Waals surface area contributed by atoms with E-state index in [1.54, 1.807) is 25.6 Å². The van der Waals surface area contributed by atoms with Crippen molar-refractivity contribution >= 4 is 0 Å². The lowest BCUT2D eigenvalue weighted by Crippen LogP contribution is -2.28. The predicted octanol–water partition coefficient (Wildman–Crippen LogP) is 1.27. The highest BCUT2D eigenvalue weighted by atomic mass is 19.3. The van der Waals surface area contributed by atoms with Crippen LogP contribution in [-0.2, 0) is 12.5 Å². The Morgan fingerprint density at radius 2 is 2.00 bits per heavy atom. The van der Waals surface area contributed by atoms with Crippen molar-refractivity contribution in [1.29, 1.82) is 0 Å². The second kappa shape index (κ2) is 2.78. The molecular weight excluding hydrogens is 200 g/mol. The predicted molar refractivity (Wildman–Crippen MR) is 53.0 cm³/mol.